The molecule has 1 atom stereocenters. The molecule has 5 nitrogen and oxygen atoms in total. The molecule has 0 saturated carbocycles. The molecule has 1 aromatic heterocycles. The number of nitrogen functional groups attached to an aromatic ring is 1. The van der Waals surface area contributed by atoms with Crippen LogP contribution in [0.2, 0.25) is 0 Å². The normalized spacial score (nSPS) is 13.0. The van der Waals surface area contributed by atoms with Crippen LogP contribution in [0.3, 0.4) is 0 Å². The number of para-hydroxylation sites is 1. The third-order valence-corrected chi connectivity index (χ3v) is 3.84. The fourth-order valence-electron chi connectivity index (χ4n) is 2.69. The summed E-state index contributed by atoms with van der Waals surface area (Å²) < 4.78 is 5.88. The van der Waals surface area contributed by atoms with E-state index >= 15 is 0 Å². The average Bonchev–Trinajstić information content (AvgIpc) is 2.91. The summed E-state index contributed by atoms with van der Waals surface area (Å²) >= 11 is 0. The second kappa shape index (κ2) is 6.48. The summed E-state index contributed by atoms with van der Waals surface area (Å²) in [7, 11) is 0. The van der Waals surface area contributed by atoms with E-state index in [0.29, 0.717) is 24.0 Å². The van der Waals surface area contributed by atoms with Crippen LogP contribution in [-0.2, 0) is 0 Å². The van der Waals surface area contributed by atoms with E-state index in [1.165, 1.54) is 0 Å². The summed E-state index contributed by atoms with van der Waals surface area (Å²) in [5.41, 5.74) is 8.70. The molecule has 0 bridgehead atoms. The van der Waals surface area contributed by atoms with Crippen molar-refractivity contribution in [2.24, 2.45) is 0 Å². The van der Waals surface area contributed by atoms with Crippen LogP contribution in [0.5, 0.6) is 5.75 Å². The molecular weight excluding hydrogens is 290 g/mol. The SMILES string of the molecule is CC(C)NCC(O)COc1c(N)ccc2[nH]c3ccccc3c12. The van der Waals surface area contributed by atoms with Crippen molar-refractivity contribution in [1.82, 2.24) is 10.3 Å². The van der Waals surface area contributed by atoms with Gasteiger partial charge in [0.25, 0.3) is 0 Å². The van der Waals surface area contributed by atoms with E-state index in [1.54, 1.807) is 0 Å². The summed E-state index contributed by atoms with van der Waals surface area (Å²) in [6.45, 7) is 4.76. The molecule has 1 unspecified atom stereocenters. The van der Waals surface area contributed by atoms with Crippen LogP contribution in [0.4, 0.5) is 5.69 Å². The molecule has 122 valence electrons. The van der Waals surface area contributed by atoms with Gasteiger partial charge in [-0.25, -0.2) is 0 Å². The monoisotopic (exact) mass is 313 g/mol. The predicted molar refractivity (Wildman–Crippen MR) is 94.9 cm³/mol. The zero-order chi connectivity index (χ0) is 16.4. The molecule has 0 saturated heterocycles. The van der Waals surface area contributed by atoms with Crippen LogP contribution in [0.25, 0.3) is 21.8 Å². The average molecular weight is 313 g/mol. The quantitative estimate of drug-likeness (QED) is 0.527. The van der Waals surface area contributed by atoms with E-state index in [2.05, 4.69) is 10.3 Å². The van der Waals surface area contributed by atoms with Crippen LogP contribution >= 0.6 is 0 Å². The standard InChI is InChI=1S/C18H23N3O2/c1-11(2)20-9-12(22)10-23-18-14(19)7-8-16-17(18)13-5-3-4-6-15(13)21-16/h3-8,11-12,20-22H,9-10,19H2,1-2H3. The van der Waals surface area contributed by atoms with Gasteiger partial charge in [0, 0.05) is 23.5 Å². The Hall–Kier alpha value is -2.24. The Morgan fingerprint density at radius 2 is 1.96 bits per heavy atom. The first kappa shape index (κ1) is 15.6. The molecule has 0 amide bonds. The van der Waals surface area contributed by atoms with Gasteiger partial charge < -0.3 is 25.9 Å². The summed E-state index contributed by atoms with van der Waals surface area (Å²) in [6, 6.07) is 12.1. The highest BCUT2D eigenvalue weighted by Crippen LogP contribution is 2.37. The molecule has 3 rings (SSSR count). The Labute approximate surface area is 135 Å². The summed E-state index contributed by atoms with van der Waals surface area (Å²) in [6.07, 6.45) is -0.586. The lowest BCUT2D eigenvalue weighted by molar-refractivity contribution is 0.106. The third-order valence-electron chi connectivity index (χ3n) is 3.84. The number of rotatable bonds is 6. The van der Waals surface area contributed by atoms with Crippen molar-refractivity contribution in [3.05, 3.63) is 36.4 Å². The first-order valence-corrected chi connectivity index (χ1v) is 7.89. The Bertz CT molecular complexity index is 810. The van der Waals surface area contributed by atoms with E-state index in [-0.39, 0.29) is 6.61 Å². The van der Waals surface area contributed by atoms with Crippen LogP contribution in [0.1, 0.15) is 13.8 Å². The maximum atomic E-state index is 10.1. The number of H-pyrrole nitrogens is 1. The zero-order valence-electron chi connectivity index (χ0n) is 13.5. The molecule has 0 spiro atoms. The highest BCUT2D eigenvalue weighted by atomic mass is 16.5. The highest BCUT2D eigenvalue weighted by Gasteiger charge is 2.14. The van der Waals surface area contributed by atoms with Crippen LogP contribution in [-0.4, -0.2) is 35.4 Å². The van der Waals surface area contributed by atoms with Crippen LogP contribution in [0.15, 0.2) is 36.4 Å². The Morgan fingerprint density at radius 1 is 1.17 bits per heavy atom. The molecule has 0 aliphatic rings. The van der Waals surface area contributed by atoms with Crippen molar-refractivity contribution in [3.63, 3.8) is 0 Å². The third kappa shape index (κ3) is 3.25. The summed E-state index contributed by atoms with van der Waals surface area (Å²) in [4.78, 5) is 3.36. The van der Waals surface area contributed by atoms with Gasteiger partial charge in [-0.1, -0.05) is 32.0 Å². The number of aliphatic hydroxyl groups is 1. The lowest BCUT2D eigenvalue weighted by Gasteiger charge is -2.16. The van der Waals surface area contributed by atoms with Gasteiger partial charge in [0.15, 0.2) is 5.75 Å². The minimum Gasteiger partial charge on any atom is -0.488 e. The van der Waals surface area contributed by atoms with Gasteiger partial charge in [-0.05, 0) is 18.2 Å². The Kier molecular flexibility index (Phi) is 4.41. The molecule has 0 aliphatic carbocycles. The second-order valence-electron chi connectivity index (χ2n) is 6.10. The van der Waals surface area contributed by atoms with E-state index in [1.807, 2.05) is 50.2 Å². The number of nitrogens with two attached hydrogens (primary N) is 1. The van der Waals surface area contributed by atoms with Crippen molar-refractivity contribution in [2.75, 3.05) is 18.9 Å². The Balaban J connectivity index is 1.89. The minimum absolute atomic E-state index is 0.197. The van der Waals surface area contributed by atoms with Gasteiger partial charge in [-0.3, -0.25) is 0 Å². The van der Waals surface area contributed by atoms with E-state index in [0.717, 1.165) is 21.8 Å². The van der Waals surface area contributed by atoms with Crippen molar-refractivity contribution < 1.29 is 9.84 Å². The van der Waals surface area contributed by atoms with E-state index in [4.69, 9.17) is 10.5 Å². The number of aromatic nitrogens is 1. The van der Waals surface area contributed by atoms with Gasteiger partial charge in [0.2, 0.25) is 0 Å². The van der Waals surface area contributed by atoms with Crippen molar-refractivity contribution in [1.29, 1.82) is 0 Å². The predicted octanol–water partition coefficient (Wildman–Crippen LogP) is 2.64. The molecule has 0 radical (unpaired) electrons. The maximum absolute atomic E-state index is 10.1. The van der Waals surface area contributed by atoms with E-state index < -0.39 is 6.10 Å². The van der Waals surface area contributed by atoms with Gasteiger partial charge in [-0.15, -0.1) is 0 Å². The number of hydrogen-bond acceptors (Lipinski definition) is 4. The second-order valence-corrected chi connectivity index (χ2v) is 6.10. The summed E-state index contributed by atoms with van der Waals surface area (Å²) in [5, 5.41) is 15.3. The number of fused-ring (bicyclic) bond motifs is 3. The maximum Gasteiger partial charge on any atom is 0.152 e. The van der Waals surface area contributed by atoms with Gasteiger partial charge >= 0.3 is 0 Å². The van der Waals surface area contributed by atoms with Crippen molar-refractivity contribution >= 4 is 27.5 Å². The number of ether oxygens (including phenoxy) is 1. The lowest BCUT2D eigenvalue weighted by atomic mass is 10.1. The highest BCUT2D eigenvalue weighted by molar-refractivity contribution is 6.12. The van der Waals surface area contributed by atoms with Crippen molar-refractivity contribution in [2.45, 2.75) is 26.0 Å². The molecule has 0 fully saturated rings. The Morgan fingerprint density at radius 3 is 2.74 bits per heavy atom. The number of benzene rings is 2. The fourth-order valence-corrected chi connectivity index (χ4v) is 2.69. The molecule has 0 aliphatic heterocycles. The molecule has 1 heterocycles. The number of hydrogen-bond donors (Lipinski definition) is 4. The van der Waals surface area contributed by atoms with E-state index in [9.17, 15) is 5.11 Å². The molecule has 5 heteroatoms. The van der Waals surface area contributed by atoms with Crippen LogP contribution < -0.4 is 15.8 Å². The fraction of sp³-hybridized carbons (Fsp3) is 0.333. The van der Waals surface area contributed by atoms with Gasteiger partial charge in [0.1, 0.15) is 12.7 Å². The molecule has 2 aromatic carbocycles. The smallest absolute Gasteiger partial charge is 0.152 e. The lowest BCUT2D eigenvalue weighted by Crippen LogP contribution is -2.35. The van der Waals surface area contributed by atoms with Gasteiger partial charge in [-0.2, -0.15) is 0 Å². The van der Waals surface area contributed by atoms with Crippen molar-refractivity contribution in [3.8, 4) is 5.75 Å². The molecular formula is C18H23N3O2. The number of aliphatic hydroxyl groups excluding tert-OH is 1. The largest absolute Gasteiger partial charge is 0.488 e. The van der Waals surface area contributed by atoms with Crippen LogP contribution in [0, 0.1) is 0 Å². The first-order valence-electron chi connectivity index (χ1n) is 7.89. The first-order chi connectivity index (χ1) is 11.1. The molecule has 23 heavy (non-hydrogen) atoms. The number of aromatic amines is 1. The van der Waals surface area contributed by atoms with Gasteiger partial charge in [0.05, 0.1) is 16.6 Å². The molecule has 5 N–H and O–H groups in total. The minimum atomic E-state index is -0.586. The number of nitrogens with one attached hydrogen (secondary N) is 2. The topological polar surface area (TPSA) is 83.3 Å². The zero-order valence-corrected chi connectivity index (χ0v) is 13.5. The molecule has 3 aromatic rings. The number of anilines is 1. The summed E-state index contributed by atoms with van der Waals surface area (Å²) in [5.74, 6) is 0.628.